The normalized spacial score (nSPS) is 23.5. The van der Waals surface area contributed by atoms with E-state index in [4.69, 9.17) is 0 Å². The summed E-state index contributed by atoms with van der Waals surface area (Å²) in [4.78, 5) is 17.6. The van der Waals surface area contributed by atoms with Gasteiger partial charge in [0.05, 0.1) is 6.04 Å². The van der Waals surface area contributed by atoms with Crippen molar-refractivity contribution in [1.29, 1.82) is 0 Å². The van der Waals surface area contributed by atoms with E-state index in [-0.39, 0.29) is 5.91 Å². The van der Waals surface area contributed by atoms with Gasteiger partial charge < -0.3 is 9.80 Å². The van der Waals surface area contributed by atoms with Gasteiger partial charge in [-0.2, -0.15) is 11.8 Å². The number of rotatable bonds is 3. The number of carbonyl (C=O) groups is 1. The molecule has 5 heteroatoms. The van der Waals surface area contributed by atoms with Gasteiger partial charge in [0.2, 0.25) is 0 Å². The highest BCUT2D eigenvalue weighted by atomic mass is 79.9. The van der Waals surface area contributed by atoms with E-state index in [2.05, 4.69) is 25.7 Å². The molecule has 0 aliphatic carbocycles. The number of nitrogens with zero attached hydrogens (tertiary/aromatic N) is 2. The predicted molar refractivity (Wildman–Crippen MR) is 96.6 cm³/mol. The highest BCUT2D eigenvalue weighted by Crippen LogP contribution is 2.22. The van der Waals surface area contributed by atoms with Crippen molar-refractivity contribution in [1.82, 2.24) is 9.80 Å². The van der Waals surface area contributed by atoms with E-state index in [1.54, 1.807) is 0 Å². The quantitative estimate of drug-likeness (QED) is 0.798. The first-order chi connectivity index (χ1) is 10.7. The highest BCUT2D eigenvalue weighted by Gasteiger charge is 2.29. The molecule has 1 aromatic carbocycles. The van der Waals surface area contributed by atoms with Crippen LogP contribution in [0.25, 0.3) is 0 Å². The summed E-state index contributed by atoms with van der Waals surface area (Å²) >= 11 is 5.47. The van der Waals surface area contributed by atoms with Crippen LogP contribution in [-0.2, 0) is 0 Å². The van der Waals surface area contributed by atoms with Gasteiger partial charge in [0, 0.05) is 28.9 Å². The largest absolute Gasteiger partial charge is 0.334 e. The molecule has 3 nitrogen and oxygen atoms in total. The molecule has 1 atom stereocenters. The third-order valence-corrected chi connectivity index (χ3v) is 6.13. The molecule has 2 aliphatic rings. The number of benzene rings is 1. The molecule has 0 spiro atoms. The first kappa shape index (κ1) is 16.3. The molecule has 0 aromatic heterocycles. The van der Waals surface area contributed by atoms with Crippen LogP contribution < -0.4 is 0 Å². The fraction of sp³-hybridized carbons (Fsp3) is 0.588. The predicted octanol–water partition coefficient (Wildman–Crippen LogP) is 3.49. The minimum absolute atomic E-state index is 0.188. The molecule has 1 unspecified atom stereocenters. The van der Waals surface area contributed by atoms with Crippen LogP contribution in [0.5, 0.6) is 0 Å². The summed E-state index contributed by atoms with van der Waals surface area (Å²) in [5.41, 5.74) is 0.799. The zero-order valence-electron chi connectivity index (χ0n) is 12.8. The summed E-state index contributed by atoms with van der Waals surface area (Å²) < 4.78 is 0.971. The lowest BCUT2D eigenvalue weighted by Crippen LogP contribution is -2.47. The second kappa shape index (κ2) is 7.84. The maximum Gasteiger partial charge on any atom is 0.254 e. The molecule has 120 valence electrons. The van der Waals surface area contributed by atoms with E-state index >= 15 is 0 Å². The third kappa shape index (κ3) is 4.06. The van der Waals surface area contributed by atoms with Crippen molar-refractivity contribution in [2.45, 2.75) is 25.3 Å². The average Bonchev–Trinajstić information content (AvgIpc) is 2.92. The van der Waals surface area contributed by atoms with Crippen LogP contribution in [0.3, 0.4) is 0 Å². The molecule has 0 N–H and O–H groups in total. The van der Waals surface area contributed by atoms with Crippen LogP contribution in [0.1, 0.15) is 29.6 Å². The van der Waals surface area contributed by atoms with Gasteiger partial charge in [0.1, 0.15) is 0 Å². The van der Waals surface area contributed by atoms with Crippen molar-refractivity contribution in [3.8, 4) is 0 Å². The lowest BCUT2D eigenvalue weighted by atomic mass is 10.1. The number of halogens is 1. The van der Waals surface area contributed by atoms with Crippen molar-refractivity contribution in [2.24, 2.45) is 0 Å². The van der Waals surface area contributed by atoms with Crippen LogP contribution in [0.2, 0.25) is 0 Å². The molecule has 3 rings (SSSR count). The Balaban J connectivity index is 1.75. The molecular formula is C17H23BrN2OS. The number of amides is 1. The number of thioether (sulfide) groups is 1. The van der Waals surface area contributed by atoms with E-state index in [0.717, 1.165) is 35.3 Å². The molecule has 2 saturated heterocycles. The van der Waals surface area contributed by atoms with Gasteiger partial charge >= 0.3 is 0 Å². The van der Waals surface area contributed by atoms with Crippen LogP contribution >= 0.6 is 27.7 Å². The molecule has 22 heavy (non-hydrogen) atoms. The van der Waals surface area contributed by atoms with Crippen molar-refractivity contribution < 1.29 is 4.79 Å². The maximum atomic E-state index is 13.0. The van der Waals surface area contributed by atoms with E-state index in [9.17, 15) is 4.79 Å². The van der Waals surface area contributed by atoms with Crippen molar-refractivity contribution in [3.63, 3.8) is 0 Å². The van der Waals surface area contributed by atoms with Crippen LogP contribution in [0.4, 0.5) is 0 Å². The fourth-order valence-electron chi connectivity index (χ4n) is 3.30. The van der Waals surface area contributed by atoms with Crippen LogP contribution in [0, 0.1) is 0 Å². The van der Waals surface area contributed by atoms with Gasteiger partial charge in [-0.15, -0.1) is 0 Å². The Morgan fingerprint density at radius 1 is 1.23 bits per heavy atom. The summed E-state index contributed by atoms with van der Waals surface area (Å²) in [5, 5.41) is 0. The van der Waals surface area contributed by atoms with E-state index in [1.165, 1.54) is 31.7 Å². The molecule has 2 aliphatic heterocycles. The van der Waals surface area contributed by atoms with Crippen molar-refractivity contribution in [2.75, 3.05) is 37.7 Å². The van der Waals surface area contributed by atoms with Gasteiger partial charge in [-0.25, -0.2) is 0 Å². The Hall–Kier alpha value is -0.520. The van der Waals surface area contributed by atoms with E-state index < -0.39 is 0 Å². The molecule has 2 heterocycles. The van der Waals surface area contributed by atoms with Gasteiger partial charge in [0.15, 0.2) is 0 Å². The Bertz CT molecular complexity index is 519. The van der Waals surface area contributed by atoms with Crippen molar-refractivity contribution >= 4 is 33.6 Å². The zero-order chi connectivity index (χ0) is 15.4. The molecule has 1 amide bonds. The standard InChI is InChI=1S/C17H23BrN2OS/c18-15-6-3-5-14(11-15)17(21)20-9-4-10-22-13-16(20)12-19-7-1-2-8-19/h3,5-6,11,16H,1-2,4,7-10,12-13H2. The van der Waals surface area contributed by atoms with Gasteiger partial charge in [0.25, 0.3) is 5.91 Å². The summed E-state index contributed by atoms with van der Waals surface area (Å²) in [6.45, 7) is 4.31. The van der Waals surface area contributed by atoms with E-state index in [0.29, 0.717) is 6.04 Å². The Kier molecular flexibility index (Phi) is 5.83. The summed E-state index contributed by atoms with van der Waals surface area (Å²) in [7, 11) is 0. The third-order valence-electron chi connectivity index (χ3n) is 4.44. The second-order valence-electron chi connectivity index (χ2n) is 6.10. The SMILES string of the molecule is O=C(c1cccc(Br)c1)N1CCCSCC1CN1CCCC1. The molecule has 1 aromatic rings. The number of hydrogen-bond donors (Lipinski definition) is 0. The summed E-state index contributed by atoms with van der Waals surface area (Å²) in [5.74, 6) is 2.42. The molecule has 0 radical (unpaired) electrons. The minimum atomic E-state index is 0.188. The molecular weight excluding hydrogens is 360 g/mol. The molecule has 2 fully saturated rings. The first-order valence-corrected chi connectivity index (χ1v) is 10.1. The van der Waals surface area contributed by atoms with Crippen molar-refractivity contribution in [3.05, 3.63) is 34.3 Å². The number of likely N-dealkylation sites (tertiary alicyclic amines) is 1. The highest BCUT2D eigenvalue weighted by molar-refractivity contribution is 9.10. The van der Waals surface area contributed by atoms with Gasteiger partial charge in [-0.05, 0) is 56.3 Å². The first-order valence-electron chi connectivity index (χ1n) is 8.11. The Labute approximate surface area is 145 Å². The van der Waals surface area contributed by atoms with Gasteiger partial charge in [-0.3, -0.25) is 4.79 Å². The average molecular weight is 383 g/mol. The Morgan fingerprint density at radius 2 is 2.05 bits per heavy atom. The second-order valence-corrected chi connectivity index (χ2v) is 8.16. The van der Waals surface area contributed by atoms with Crippen LogP contribution in [-0.4, -0.2) is 59.4 Å². The summed E-state index contributed by atoms with van der Waals surface area (Å²) in [6, 6.07) is 8.12. The topological polar surface area (TPSA) is 23.6 Å². The summed E-state index contributed by atoms with van der Waals surface area (Å²) in [6.07, 6.45) is 3.71. The van der Waals surface area contributed by atoms with E-state index in [1.807, 2.05) is 36.0 Å². The smallest absolute Gasteiger partial charge is 0.254 e. The monoisotopic (exact) mass is 382 g/mol. The fourth-order valence-corrected chi connectivity index (χ4v) is 4.75. The lowest BCUT2D eigenvalue weighted by molar-refractivity contribution is 0.0666. The number of hydrogen-bond acceptors (Lipinski definition) is 3. The van der Waals surface area contributed by atoms with Crippen LogP contribution in [0.15, 0.2) is 28.7 Å². The lowest BCUT2D eigenvalue weighted by Gasteiger charge is -2.32. The van der Waals surface area contributed by atoms with Gasteiger partial charge in [-0.1, -0.05) is 22.0 Å². The maximum absolute atomic E-state index is 13.0. The number of carbonyl (C=O) groups excluding carboxylic acids is 1. The molecule has 0 bridgehead atoms. The minimum Gasteiger partial charge on any atom is -0.334 e. The Morgan fingerprint density at radius 3 is 2.82 bits per heavy atom. The zero-order valence-corrected chi connectivity index (χ0v) is 15.2. The molecule has 0 saturated carbocycles.